The second-order valence-electron chi connectivity index (χ2n) is 29.0. The maximum absolute atomic E-state index is 8.73. The molecule has 5 aromatic heterocycles. The van der Waals surface area contributed by atoms with E-state index < -0.39 is 12.7 Å². The van der Waals surface area contributed by atoms with Crippen LogP contribution in [0.5, 0.6) is 0 Å². The van der Waals surface area contributed by atoms with E-state index in [0.29, 0.717) is 17.0 Å². The molecule has 11 aliphatic carbocycles. The smallest absolute Gasteiger partial charge is 0.201 e. The lowest BCUT2D eigenvalue weighted by molar-refractivity contribution is -0.661. The molecule has 0 radical (unpaired) electrons. The number of benzene rings is 5. The molecule has 4 saturated carbocycles. The molecule has 0 aliphatic heterocycles. The third-order valence-corrected chi connectivity index (χ3v) is 22.9. The van der Waals surface area contributed by atoms with Crippen molar-refractivity contribution >= 4 is 0 Å². The summed E-state index contributed by atoms with van der Waals surface area (Å²) in [5.41, 5.74) is 31.4. The average Bonchev–Trinajstić information content (AvgIpc) is 0.782. The number of aryl methyl sites for hydroxylation is 11. The van der Waals surface area contributed by atoms with Gasteiger partial charge in [-0.3, -0.25) is 0 Å². The van der Waals surface area contributed by atoms with Crippen LogP contribution in [0.1, 0.15) is 198 Å². The van der Waals surface area contributed by atoms with E-state index in [4.69, 9.17) is 8.22 Å². The van der Waals surface area contributed by atoms with Gasteiger partial charge < -0.3 is 0 Å². The topological polar surface area (TPSA) is 19.4 Å². The second kappa shape index (κ2) is 25.3. The van der Waals surface area contributed by atoms with Crippen molar-refractivity contribution in [1.29, 1.82) is 0 Å². The van der Waals surface area contributed by atoms with Gasteiger partial charge in [-0.15, -0.1) is 0 Å². The van der Waals surface area contributed by atoms with Gasteiger partial charge in [0.1, 0.15) is 35.2 Å². The monoisotopic (exact) mass is 1230 g/mol. The van der Waals surface area contributed by atoms with Gasteiger partial charge in [-0.25, -0.2) is 22.8 Å². The molecular formula is C88H98N5+5. The summed E-state index contributed by atoms with van der Waals surface area (Å²) in [6.07, 6.45) is 22.6. The van der Waals surface area contributed by atoms with Gasteiger partial charge in [-0.1, -0.05) is 91.0 Å². The second-order valence-corrected chi connectivity index (χ2v) is 29.0. The summed E-state index contributed by atoms with van der Waals surface area (Å²) < 4.78 is 61.2. The highest BCUT2D eigenvalue weighted by atomic mass is 14.9. The predicted molar refractivity (Wildman–Crippen MR) is 378 cm³/mol. The zero-order valence-electron chi connectivity index (χ0n) is 62.7. The van der Waals surface area contributed by atoms with E-state index in [1.165, 1.54) is 134 Å². The minimum atomic E-state index is -1.66. The van der Waals surface area contributed by atoms with Gasteiger partial charge in [0.15, 0.2) is 31.0 Å². The summed E-state index contributed by atoms with van der Waals surface area (Å²) in [5.74, 6) is 4.26. The molecule has 4 atom stereocenters. The first-order valence-corrected chi connectivity index (χ1v) is 34.8. The van der Waals surface area contributed by atoms with Gasteiger partial charge in [0.05, 0.1) is 0 Å². The summed E-state index contributed by atoms with van der Waals surface area (Å²) >= 11 is 0. The van der Waals surface area contributed by atoms with Gasteiger partial charge in [-0.05, 0) is 264 Å². The van der Waals surface area contributed by atoms with Crippen molar-refractivity contribution in [1.82, 2.24) is 0 Å². The molecule has 0 spiro atoms. The van der Waals surface area contributed by atoms with Crippen LogP contribution in [0.15, 0.2) is 183 Å². The molecule has 8 bridgehead atoms. The van der Waals surface area contributed by atoms with E-state index >= 15 is 0 Å². The lowest BCUT2D eigenvalue weighted by Crippen LogP contribution is -2.37. The van der Waals surface area contributed by atoms with E-state index in [1.807, 2.05) is 49.0 Å². The van der Waals surface area contributed by atoms with E-state index in [-0.39, 0.29) is 18.2 Å². The summed E-state index contributed by atoms with van der Waals surface area (Å²) in [6.45, 7) is 10.7. The molecule has 5 heterocycles. The van der Waals surface area contributed by atoms with Crippen molar-refractivity contribution < 1.29 is 31.1 Å². The third kappa shape index (κ3) is 11.6. The van der Waals surface area contributed by atoms with Gasteiger partial charge in [0.2, 0.25) is 28.5 Å². The zero-order chi connectivity index (χ0) is 69.2. The highest BCUT2D eigenvalue weighted by Crippen LogP contribution is 2.55. The van der Waals surface area contributed by atoms with Crippen LogP contribution >= 0.6 is 0 Å². The van der Waals surface area contributed by atoms with Crippen molar-refractivity contribution in [3.05, 3.63) is 266 Å². The number of hydrogen-bond donors (Lipinski definition) is 0. The van der Waals surface area contributed by atoms with E-state index in [0.717, 1.165) is 78.5 Å². The van der Waals surface area contributed by atoms with Crippen LogP contribution in [-0.4, -0.2) is 0 Å². The first-order valence-electron chi connectivity index (χ1n) is 37.8. The van der Waals surface area contributed by atoms with Gasteiger partial charge >= 0.3 is 0 Å². The molecule has 21 rings (SSSR count). The number of fused-ring (bicyclic) bond motifs is 11. The Labute approximate surface area is 564 Å². The molecule has 5 heteroatoms. The number of aromatic nitrogens is 5. The standard InChI is InChI=1S/4C18H20N.C16H18N/c2*1-12-5-3-4-6-16(12)18-10-17-14-7-13(8-14)9-15(17)11-19(18)2;2*1-12-5-3-4-6-15(12)18-10-16-13-7-8-14(9-13)17(16)11-19(18)2;1-12-6-3-4-8-14(12)16-15-9-5-7-13(15)10-11-17(16)2/h4*3-6,10-11,13-14H,7-9H2,1-2H3;3-4,6,8,10-11H,5,7,9H2,1-2H3/q5*+1/i14D;;13D;;7D2,9D2. The molecule has 5 nitrogen and oxygen atoms in total. The maximum Gasteiger partial charge on any atom is 0.216 e. The Balaban J connectivity index is 0.000000101. The van der Waals surface area contributed by atoms with E-state index in [9.17, 15) is 0 Å². The van der Waals surface area contributed by atoms with Gasteiger partial charge in [0, 0.05) is 94.2 Å². The molecule has 5 aromatic carbocycles. The Morgan fingerprint density at radius 1 is 0.344 bits per heavy atom. The highest BCUT2D eigenvalue weighted by molar-refractivity contribution is 5.68. The predicted octanol–water partition coefficient (Wildman–Crippen LogP) is 17.8. The normalized spacial score (nSPS) is 25.5. The fourth-order valence-corrected chi connectivity index (χ4v) is 17.7. The molecule has 0 saturated heterocycles. The number of nitrogens with zero attached hydrogens (tertiary/aromatic N) is 5. The largest absolute Gasteiger partial charge is 0.216 e. The fraction of sp³-hybridized carbons (Fsp3) is 0.375. The van der Waals surface area contributed by atoms with Crippen LogP contribution in [-0.2, 0) is 60.8 Å². The molecule has 10 aromatic rings. The lowest BCUT2D eigenvalue weighted by Gasteiger charge is -2.41. The Morgan fingerprint density at radius 3 is 1.28 bits per heavy atom. The molecule has 4 unspecified atom stereocenters. The molecule has 11 aliphatic rings. The molecule has 0 N–H and O–H groups in total. The quantitative estimate of drug-likeness (QED) is 0.153. The first-order chi connectivity index (χ1) is 47.3. The number of pyridine rings is 5. The average molecular weight is 1230 g/mol. The van der Waals surface area contributed by atoms with Crippen LogP contribution in [0.4, 0.5) is 0 Å². The van der Waals surface area contributed by atoms with E-state index in [2.05, 4.69) is 220 Å². The van der Waals surface area contributed by atoms with Crippen LogP contribution in [0, 0.1) is 46.5 Å². The van der Waals surface area contributed by atoms with Crippen molar-refractivity contribution in [3.63, 3.8) is 0 Å². The van der Waals surface area contributed by atoms with E-state index in [1.54, 1.807) is 28.3 Å². The minimum Gasteiger partial charge on any atom is -0.201 e. The molecular weight excluding hydrogens is 1130 g/mol. The molecule has 470 valence electrons. The zero-order valence-corrected chi connectivity index (χ0v) is 56.7. The molecule has 93 heavy (non-hydrogen) atoms. The van der Waals surface area contributed by atoms with Crippen molar-refractivity contribution in [2.24, 2.45) is 47.1 Å². The number of rotatable bonds is 5. The summed E-state index contributed by atoms with van der Waals surface area (Å²) in [6, 6.07) is 53.5. The third-order valence-electron chi connectivity index (χ3n) is 22.9. The lowest BCUT2D eigenvalue weighted by atomic mass is 9.63. The Morgan fingerprint density at radius 2 is 0.753 bits per heavy atom. The van der Waals surface area contributed by atoms with Gasteiger partial charge in [-0.2, -0.15) is 0 Å². The summed E-state index contributed by atoms with van der Waals surface area (Å²) in [4.78, 5) is 0. The minimum absolute atomic E-state index is 0.127. The maximum atomic E-state index is 8.73. The molecule has 0 amide bonds. The van der Waals surface area contributed by atoms with Crippen LogP contribution in [0.25, 0.3) is 56.3 Å². The van der Waals surface area contributed by atoms with Crippen LogP contribution in [0.3, 0.4) is 0 Å². The Hall–Kier alpha value is -8.15. The van der Waals surface area contributed by atoms with Crippen molar-refractivity contribution in [2.45, 2.75) is 166 Å². The highest BCUT2D eigenvalue weighted by Gasteiger charge is 2.43. The summed E-state index contributed by atoms with van der Waals surface area (Å²) in [7, 11) is 10.5. The number of hydrogen-bond acceptors (Lipinski definition) is 0. The van der Waals surface area contributed by atoms with Crippen molar-refractivity contribution in [2.75, 3.05) is 0 Å². The SMILES string of the molecule is Cc1ccccc1-c1cc2c(c[n+]1C)C1CCC2C1.Cc1ccccc1-c1cc2c(c[n+]1C)CC1CC2C1.[2H]C1([2H])CC([2H])([2H])c2c1cc[n+](C)c2-c1ccccc1C.[2H]C12CC(Cc3c[n+](C)c(-c4ccccc4C)cc31)C2.[2H]C12CCC(C1)c1c[n+](C)c(-c3ccccc3C)cc12. The van der Waals surface area contributed by atoms with Gasteiger partial charge in [0.25, 0.3) is 0 Å². The fourth-order valence-electron chi connectivity index (χ4n) is 17.7. The summed E-state index contributed by atoms with van der Waals surface area (Å²) in [5, 5.41) is 0. The van der Waals surface area contributed by atoms with Crippen LogP contribution < -0.4 is 22.8 Å². The Kier molecular flexibility index (Phi) is 14.8. The first kappa shape index (κ1) is 54.3. The van der Waals surface area contributed by atoms with Crippen molar-refractivity contribution in [3.8, 4) is 56.3 Å². The molecule has 4 fully saturated rings. The van der Waals surface area contributed by atoms with Crippen LogP contribution in [0.2, 0.25) is 0 Å². The Bertz CT molecular complexity index is 4740.